The number of aliphatic carboxylic acids is 1. The SMILES string of the molecule is CC1C(c2cccs2)=[N+]([O-])C(C(=O)O)N1O. The highest BCUT2D eigenvalue weighted by Gasteiger charge is 2.48. The second-order valence-electron chi connectivity index (χ2n) is 3.46. The van der Waals surface area contributed by atoms with E-state index in [0.29, 0.717) is 14.7 Å². The van der Waals surface area contributed by atoms with E-state index in [2.05, 4.69) is 0 Å². The molecule has 0 saturated heterocycles. The van der Waals surface area contributed by atoms with Crippen molar-refractivity contribution in [2.45, 2.75) is 19.1 Å². The molecule has 0 radical (unpaired) electrons. The lowest BCUT2D eigenvalue weighted by Gasteiger charge is -2.13. The molecule has 86 valence electrons. The molecular weight excluding hydrogens is 232 g/mol. The second-order valence-corrected chi connectivity index (χ2v) is 4.40. The first-order chi connectivity index (χ1) is 7.54. The number of hydrogen-bond acceptors (Lipinski definition) is 5. The molecule has 1 aromatic rings. The third-order valence-electron chi connectivity index (χ3n) is 2.50. The molecule has 16 heavy (non-hydrogen) atoms. The first-order valence-electron chi connectivity index (χ1n) is 4.61. The molecule has 0 aromatic carbocycles. The zero-order chi connectivity index (χ0) is 11.9. The number of hydroxylamine groups is 3. The summed E-state index contributed by atoms with van der Waals surface area (Å²) in [7, 11) is 0. The molecule has 0 amide bonds. The summed E-state index contributed by atoms with van der Waals surface area (Å²) in [6.45, 7) is 1.59. The number of rotatable bonds is 2. The van der Waals surface area contributed by atoms with Crippen LogP contribution in [-0.4, -0.2) is 44.0 Å². The third kappa shape index (κ3) is 1.49. The molecule has 2 rings (SSSR count). The average Bonchev–Trinajstić information content (AvgIpc) is 2.76. The minimum atomic E-state index is -1.56. The van der Waals surface area contributed by atoms with Crippen LogP contribution in [0.3, 0.4) is 0 Å². The van der Waals surface area contributed by atoms with Gasteiger partial charge in [-0.1, -0.05) is 6.07 Å². The quantitative estimate of drug-likeness (QED) is 0.584. The molecule has 0 saturated carbocycles. The standard InChI is InChI=1S/C9H10N2O4S/c1-5-7(6-3-2-4-16-6)11(15)8(9(12)13)10(5)14/h2-5,8,14H,1H3,(H,12,13). The van der Waals surface area contributed by atoms with Gasteiger partial charge in [0, 0.05) is 0 Å². The number of thiophene rings is 1. The van der Waals surface area contributed by atoms with Crippen LogP contribution in [0.1, 0.15) is 11.8 Å². The van der Waals surface area contributed by atoms with Gasteiger partial charge in [-0.05, 0) is 18.4 Å². The molecule has 0 aliphatic carbocycles. The van der Waals surface area contributed by atoms with Crippen molar-refractivity contribution in [3.63, 3.8) is 0 Å². The molecule has 2 atom stereocenters. The van der Waals surface area contributed by atoms with Crippen LogP contribution in [0.5, 0.6) is 0 Å². The summed E-state index contributed by atoms with van der Waals surface area (Å²) in [6, 6.07) is 2.86. The van der Waals surface area contributed by atoms with Crippen molar-refractivity contribution in [1.82, 2.24) is 5.06 Å². The zero-order valence-corrected chi connectivity index (χ0v) is 9.22. The molecular formula is C9H10N2O4S. The van der Waals surface area contributed by atoms with E-state index in [0.717, 1.165) is 0 Å². The van der Waals surface area contributed by atoms with Gasteiger partial charge in [0.1, 0.15) is 6.04 Å². The van der Waals surface area contributed by atoms with Crippen LogP contribution in [0.25, 0.3) is 0 Å². The van der Waals surface area contributed by atoms with E-state index in [4.69, 9.17) is 5.11 Å². The number of carboxylic acids is 1. The molecule has 6 nitrogen and oxygen atoms in total. The third-order valence-corrected chi connectivity index (χ3v) is 3.39. The summed E-state index contributed by atoms with van der Waals surface area (Å²) in [5, 5.41) is 32.5. The Kier molecular flexibility index (Phi) is 2.66. The van der Waals surface area contributed by atoms with Crippen LogP contribution in [0.15, 0.2) is 17.5 Å². The maximum Gasteiger partial charge on any atom is 0.393 e. The lowest BCUT2D eigenvalue weighted by molar-refractivity contribution is -0.521. The number of nitrogens with zero attached hydrogens (tertiary/aromatic N) is 2. The van der Waals surface area contributed by atoms with Crippen molar-refractivity contribution in [3.8, 4) is 0 Å². The minimum absolute atomic E-state index is 0.282. The van der Waals surface area contributed by atoms with E-state index in [1.165, 1.54) is 11.3 Å². The Labute approximate surface area is 95.2 Å². The molecule has 0 spiro atoms. The number of hydrogen-bond donors (Lipinski definition) is 2. The molecule has 2 N–H and O–H groups in total. The fraction of sp³-hybridized carbons (Fsp3) is 0.333. The second kappa shape index (κ2) is 3.85. The van der Waals surface area contributed by atoms with Gasteiger partial charge in [0.25, 0.3) is 0 Å². The van der Waals surface area contributed by atoms with Gasteiger partial charge >= 0.3 is 12.1 Å². The summed E-state index contributed by atoms with van der Waals surface area (Å²) >= 11 is 1.33. The minimum Gasteiger partial charge on any atom is -0.622 e. The average molecular weight is 242 g/mol. The summed E-state index contributed by atoms with van der Waals surface area (Å²) in [4.78, 5) is 11.5. The van der Waals surface area contributed by atoms with Gasteiger partial charge in [-0.25, -0.2) is 4.79 Å². The van der Waals surface area contributed by atoms with E-state index >= 15 is 0 Å². The van der Waals surface area contributed by atoms with Crippen molar-refractivity contribution < 1.29 is 19.8 Å². The summed E-state index contributed by atoms with van der Waals surface area (Å²) < 4.78 is 0.346. The summed E-state index contributed by atoms with van der Waals surface area (Å²) in [5.74, 6) is -1.36. The first-order valence-corrected chi connectivity index (χ1v) is 5.49. The highest BCUT2D eigenvalue weighted by Crippen LogP contribution is 2.22. The Morgan fingerprint density at radius 1 is 1.69 bits per heavy atom. The van der Waals surface area contributed by atoms with Crippen molar-refractivity contribution in [1.29, 1.82) is 0 Å². The maximum atomic E-state index is 11.8. The fourth-order valence-electron chi connectivity index (χ4n) is 1.71. The Morgan fingerprint density at radius 3 is 2.81 bits per heavy atom. The number of carbonyl (C=O) groups is 1. The predicted molar refractivity (Wildman–Crippen MR) is 56.6 cm³/mol. The number of carboxylic acid groups (broad SMARTS) is 1. The van der Waals surface area contributed by atoms with Crippen LogP contribution in [-0.2, 0) is 4.79 Å². The van der Waals surface area contributed by atoms with E-state index in [9.17, 15) is 15.2 Å². The van der Waals surface area contributed by atoms with Gasteiger partial charge in [-0.3, -0.25) is 0 Å². The normalized spacial score (nSPS) is 26.4. The zero-order valence-electron chi connectivity index (χ0n) is 8.40. The molecule has 1 aromatic heterocycles. The van der Waals surface area contributed by atoms with E-state index in [1.54, 1.807) is 24.4 Å². The first kappa shape index (κ1) is 11.1. The molecule has 2 unspecified atom stereocenters. The van der Waals surface area contributed by atoms with E-state index in [1.807, 2.05) is 0 Å². The van der Waals surface area contributed by atoms with Crippen LogP contribution < -0.4 is 0 Å². The fourth-order valence-corrected chi connectivity index (χ4v) is 2.55. The maximum absolute atomic E-state index is 11.8. The van der Waals surface area contributed by atoms with Crippen molar-refractivity contribution in [3.05, 3.63) is 27.6 Å². The van der Waals surface area contributed by atoms with Crippen molar-refractivity contribution >= 4 is 23.0 Å². The van der Waals surface area contributed by atoms with E-state index < -0.39 is 18.2 Å². The van der Waals surface area contributed by atoms with Crippen LogP contribution >= 0.6 is 11.3 Å². The van der Waals surface area contributed by atoms with Gasteiger partial charge in [0.15, 0.2) is 0 Å². The molecule has 0 bridgehead atoms. The predicted octanol–water partition coefficient (Wildman–Crippen LogP) is 0.551. The largest absolute Gasteiger partial charge is 0.622 e. The smallest absolute Gasteiger partial charge is 0.393 e. The molecule has 1 aliphatic heterocycles. The van der Waals surface area contributed by atoms with Crippen LogP contribution in [0.4, 0.5) is 0 Å². The Bertz CT molecular complexity index is 442. The summed E-state index contributed by atoms with van der Waals surface area (Å²) in [6.07, 6.45) is -1.56. The molecule has 1 aliphatic rings. The van der Waals surface area contributed by atoms with Crippen molar-refractivity contribution in [2.75, 3.05) is 0 Å². The van der Waals surface area contributed by atoms with Gasteiger partial charge in [0.05, 0.1) is 4.88 Å². The molecule has 2 heterocycles. The van der Waals surface area contributed by atoms with Gasteiger partial charge in [-0.15, -0.1) is 16.4 Å². The Hall–Kier alpha value is -1.44. The topological polar surface area (TPSA) is 86.8 Å². The Balaban J connectivity index is 2.47. The molecule has 7 heteroatoms. The van der Waals surface area contributed by atoms with Gasteiger partial charge < -0.3 is 15.5 Å². The summed E-state index contributed by atoms with van der Waals surface area (Å²) in [5.41, 5.74) is 0.282. The monoisotopic (exact) mass is 242 g/mol. The lowest BCUT2D eigenvalue weighted by Crippen LogP contribution is -2.42. The van der Waals surface area contributed by atoms with Gasteiger partial charge in [0.2, 0.25) is 5.71 Å². The highest BCUT2D eigenvalue weighted by molar-refractivity contribution is 7.12. The van der Waals surface area contributed by atoms with Crippen LogP contribution in [0, 0.1) is 5.21 Å². The Morgan fingerprint density at radius 2 is 2.38 bits per heavy atom. The van der Waals surface area contributed by atoms with Crippen LogP contribution in [0.2, 0.25) is 0 Å². The van der Waals surface area contributed by atoms with E-state index in [-0.39, 0.29) is 5.71 Å². The van der Waals surface area contributed by atoms with Gasteiger partial charge in [-0.2, -0.15) is 4.74 Å². The highest BCUT2D eigenvalue weighted by atomic mass is 32.1. The van der Waals surface area contributed by atoms with Crippen molar-refractivity contribution in [2.24, 2.45) is 0 Å². The molecule has 0 fully saturated rings. The lowest BCUT2D eigenvalue weighted by atomic mass is 10.2.